The van der Waals surface area contributed by atoms with Gasteiger partial charge in [0.15, 0.2) is 0 Å². The van der Waals surface area contributed by atoms with E-state index >= 15 is 0 Å². The first-order chi connectivity index (χ1) is 24.8. The van der Waals surface area contributed by atoms with Crippen molar-refractivity contribution in [1.82, 2.24) is 0 Å². The molecule has 1 heterocycles. The summed E-state index contributed by atoms with van der Waals surface area (Å²) >= 11 is 7.23. The van der Waals surface area contributed by atoms with E-state index in [4.69, 9.17) is 11.6 Å². The third kappa shape index (κ3) is 6.11. The SMILES string of the molecule is CC(C)(C)c1ccc(N(c2cc(Cl)cc(N3c4ccccc4Cc4ccccc43)c2)c2ccc3c(c2)C(C)(C)CCC3(C)C)c(-c2ccccc2)c1. The highest BCUT2D eigenvalue weighted by molar-refractivity contribution is 6.31. The maximum absolute atomic E-state index is 7.23. The lowest BCUT2D eigenvalue weighted by Gasteiger charge is -2.42. The summed E-state index contributed by atoms with van der Waals surface area (Å²) in [6.07, 6.45) is 3.24. The predicted octanol–water partition coefficient (Wildman–Crippen LogP) is 14.5. The Morgan fingerprint density at radius 1 is 0.596 bits per heavy atom. The van der Waals surface area contributed by atoms with Crippen LogP contribution in [0.15, 0.2) is 133 Å². The number of fused-ring (bicyclic) bond motifs is 3. The quantitative estimate of drug-likeness (QED) is 0.176. The zero-order chi connectivity index (χ0) is 36.4. The molecule has 52 heavy (non-hydrogen) atoms. The van der Waals surface area contributed by atoms with Gasteiger partial charge in [-0.2, -0.15) is 0 Å². The predicted molar refractivity (Wildman–Crippen MR) is 223 cm³/mol. The van der Waals surface area contributed by atoms with Crippen LogP contribution in [0.5, 0.6) is 0 Å². The van der Waals surface area contributed by atoms with Gasteiger partial charge in [-0.1, -0.05) is 139 Å². The number of benzene rings is 6. The molecular weight excluding hydrogens is 652 g/mol. The molecule has 0 fully saturated rings. The van der Waals surface area contributed by atoms with Gasteiger partial charge in [-0.3, -0.25) is 0 Å². The maximum atomic E-state index is 7.23. The van der Waals surface area contributed by atoms with Gasteiger partial charge in [0.2, 0.25) is 0 Å². The molecule has 0 radical (unpaired) electrons. The van der Waals surface area contributed by atoms with Crippen LogP contribution in [0.2, 0.25) is 5.02 Å². The average Bonchev–Trinajstić information content (AvgIpc) is 3.12. The second-order valence-electron chi connectivity index (χ2n) is 17.1. The zero-order valence-corrected chi connectivity index (χ0v) is 32.4. The molecular formula is C49H49ClN2. The molecule has 6 aromatic rings. The van der Waals surface area contributed by atoms with Crippen LogP contribution in [0.25, 0.3) is 11.1 Å². The number of rotatable bonds is 5. The van der Waals surface area contributed by atoms with Gasteiger partial charge in [0.1, 0.15) is 0 Å². The monoisotopic (exact) mass is 700 g/mol. The van der Waals surface area contributed by atoms with Gasteiger partial charge in [-0.25, -0.2) is 0 Å². The Morgan fingerprint density at radius 3 is 1.87 bits per heavy atom. The van der Waals surface area contributed by atoms with Crippen LogP contribution < -0.4 is 9.80 Å². The van der Waals surface area contributed by atoms with Crippen molar-refractivity contribution in [2.45, 2.75) is 84.0 Å². The van der Waals surface area contributed by atoms with Crippen molar-refractivity contribution in [3.8, 4) is 11.1 Å². The highest BCUT2D eigenvalue weighted by atomic mass is 35.5. The molecule has 0 amide bonds. The second kappa shape index (κ2) is 12.7. The maximum Gasteiger partial charge on any atom is 0.0540 e. The van der Waals surface area contributed by atoms with E-state index in [-0.39, 0.29) is 16.2 Å². The molecule has 262 valence electrons. The Kier molecular flexibility index (Phi) is 8.38. The minimum atomic E-state index is -0.00736. The van der Waals surface area contributed by atoms with Gasteiger partial charge in [-0.05, 0) is 117 Å². The molecule has 2 aliphatic rings. The van der Waals surface area contributed by atoms with Crippen molar-refractivity contribution in [3.05, 3.63) is 166 Å². The summed E-state index contributed by atoms with van der Waals surface area (Å²) in [5.74, 6) is 0. The fourth-order valence-electron chi connectivity index (χ4n) is 8.38. The molecule has 8 rings (SSSR count). The highest BCUT2D eigenvalue weighted by Gasteiger charge is 2.38. The fraction of sp³-hybridized carbons (Fsp3) is 0.265. The number of halogens is 1. The van der Waals surface area contributed by atoms with Crippen LogP contribution in [-0.4, -0.2) is 0 Å². The summed E-state index contributed by atoms with van der Waals surface area (Å²) in [5.41, 5.74) is 16.1. The number of para-hydroxylation sites is 2. The standard InChI is InChI=1S/C49H49ClN2/c1-47(2,3)36-21-24-46(41(28-36)33-15-9-8-10-16-33)51(38-22-23-42-43(32-38)49(6,7)26-25-48(42,4)5)39-29-37(50)30-40(31-39)52-44-19-13-11-17-34(44)27-35-18-12-14-20-45(35)52/h8-24,28-32H,25-27H2,1-7H3. The van der Waals surface area contributed by atoms with E-state index in [2.05, 4.69) is 192 Å². The third-order valence-electron chi connectivity index (χ3n) is 11.5. The lowest BCUT2D eigenvalue weighted by molar-refractivity contribution is 0.332. The summed E-state index contributed by atoms with van der Waals surface area (Å²) < 4.78 is 0. The van der Waals surface area contributed by atoms with Gasteiger partial charge < -0.3 is 9.80 Å². The van der Waals surface area contributed by atoms with Gasteiger partial charge in [0.25, 0.3) is 0 Å². The van der Waals surface area contributed by atoms with Crippen LogP contribution in [0.4, 0.5) is 34.1 Å². The Hall–Kier alpha value is -4.79. The highest BCUT2D eigenvalue weighted by Crippen LogP contribution is 2.51. The number of anilines is 6. The normalized spacial score (nSPS) is 15.7. The van der Waals surface area contributed by atoms with Crippen molar-refractivity contribution in [2.24, 2.45) is 0 Å². The van der Waals surface area contributed by atoms with Crippen LogP contribution in [0.1, 0.15) is 89.1 Å². The molecule has 2 nitrogen and oxygen atoms in total. The summed E-state index contributed by atoms with van der Waals surface area (Å²) in [5, 5.41) is 0.699. The molecule has 0 bridgehead atoms. The van der Waals surface area contributed by atoms with E-state index < -0.39 is 0 Å². The molecule has 0 aromatic heterocycles. The van der Waals surface area contributed by atoms with E-state index in [0.717, 1.165) is 35.6 Å². The molecule has 1 aliphatic heterocycles. The van der Waals surface area contributed by atoms with Crippen molar-refractivity contribution in [2.75, 3.05) is 9.80 Å². The zero-order valence-electron chi connectivity index (χ0n) is 31.6. The molecule has 0 saturated carbocycles. The minimum absolute atomic E-state index is 0.00736. The van der Waals surface area contributed by atoms with Crippen molar-refractivity contribution in [3.63, 3.8) is 0 Å². The molecule has 0 N–H and O–H groups in total. The molecule has 0 atom stereocenters. The van der Waals surface area contributed by atoms with Crippen LogP contribution in [0.3, 0.4) is 0 Å². The first kappa shape index (κ1) is 34.3. The Bertz CT molecular complexity index is 2250. The Morgan fingerprint density at radius 2 is 1.21 bits per heavy atom. The van der Waals surface area contributed by atoms with Crippen LogP contribution in [0, 0.1) is 0 Å². The van der Waals surface area contributed by atoms with E-state index in [9.17, 15) is 0 Å². The molecule has 0 unspecified atom stereocenters. The second-order valence-corrected chi connectivity index (χ2v) is 17.6. The fourth-order valence-corrected chi connectivity index (χ4v) is 8.60. The van der Waals surface area contributed by atoms with Crippen molar-refractivity contribution >= 4 is 45.7 Å². The summed E-state index contributed by atoms with van der Waals surface area (Å²) in [6.45, 7) is 16.5. The smallest absolute Gasteiger partial charge is 0.0540 e. The van der Waals surface area contributed by atoms with Crippen molar-refractivity contribution in [1.29, 1.82) is 0 Å². The number of hydrogen-bond acceptors (Lipinski definition) is 2. The van der Waals surface area contributed by atoms with Crippen LogP contribution >= 0.6 is 11.6 Å². The molecule has 3 heteroatoms. The molecule has 0 spiro atoms. The van der Waals surface area contributed by atoms with E-state index in [1.165, 1.54) is 56.7 Å². The lowest BCUT2D eigenvalue weighted by atomic mass is 9.63. The van der Waals surface area contributed by atoms with E-state index in [1.807, 2.05) is 0 Å². The van der Waals surface area contributed by atoms with Gasteiger partial charge in [0, 0.05) is 45.4 Å². The van der Waals surface area contributed by atoms with E-state index in [0.29, 0.717) is 5.02 Å². The first-order valence-electron chi connectivity index (χ1n) is 18.7. The van der Waals surface area contributed by atoms with Crippen molar-refractivity contribution < 1.29 is 0 Å². The first-order valence-corrected chi connectivity index (χ1v) is 19.1. The van der Waals surface area contributed by atoms with Crippen LogP contribution in [-0.2, 0) is 22.7 Å². The number of nitrogens with zero attached hydrogens (tertiary/aromatic N) is 2. The Balaban J connectivity index is 1.40. The molecule has 6 aromatic carbocycles. The summed E-state index contributed by atoms with van der Waals surface area (Å²) in [6, 6.07) is 49.1. The third-order valence-corrected chi connectivity index (χ3v) is 11.7. The summed E-state index contributed by atoms with van der Waals surface area (Å²) in [4.78, 5) is 4.84. The molecule has 1 aliphatic carbocycles. The minimum Gasteiger partial charge on any atom is -0.310 e. The average molecular weight is 701 g/mol. The summed E-state index contributed by atoms with van der Waals surface area (Å²) in [7, 11) is 0. The van der Waals surface area contributed by atoms with E-state index in [1.54, 1.807) is 0 Å². The van der Waals surface area contributed by atoms with Gasteiger partial charge in [-0.15, -0.1) is 0 Å². The lowest BCUT2D eigenvalue weighted by Crippen LogP contribution is -2.34. The Labute approximate surface area is 315 Å². The van der Waals surface area contributed by atoms with Gasteiger partial charge in [0.05, 0.1) is 5.69 Å². The molecule has 0 saturated heterocycles. The topological polar surface area (TPSA) is 6.48 Å². The van der Waals surface area contributed by atoms with Gasteiger partial charge >= 0.3 is 0 Å². The number of hydrogen-bond donors (Lipinski definition) is 0. The largest absolute Gasteiger partial charge is 0.310 e.